The van der Waals surface area contributed by atoms with E-state index in [1.807, 2.05) is 6.26 Å². The lowest BCUT2D eigenvalue weighted by atomic mass is 10.2. The van der Waals surface area contributed by atoms with Gasteiger partial charge in [0.05, 0.1) is 0 Å². The van der Waals surface area contributed by atoms with E-state index in [1.165, 1.54) is 0 Å². The summed E-state index contributed by atoms with van der Waals surface area (Å²) >= 11 is 1.57. The highest BCUT2D eigenvalue weighted by atomic mass is 32.2. The monoisotopic (exact) mass is 303 g/mol. The van der Waals surface area contributed by atoms with Gasteiger partial charge in [0.25, 0.3) is 0 Å². The highest BCUT2D eigenvalue weighted by Crippen LogP contribution is 2.15. The van der Waals surface area contributed by atoms with Crippen LogP contribution in [0.4, 0.5) is 4.79 Å². The fourth-order valence-electron chi connectivity index (χ4n) is 2.46. The number of hydrogen-bond donors (Lipinski definition) is 3. The summed E-state index contributed by atoms with van der Waals surface area (Å²) in [5, 5.41) is 14.4. The molecule has 0 saturated carbocycles. The quantitative estimate of drug-likeness (QED) is 0.622. The molecule has 0 aromatic heterocycles. The number of aliphatic carboxylic acids is 1. The topological polar surface area (TPSA) is 81.7 Å². The Morgan fingerprint density at radius 3 is 2.85 bits per heavy atom. The lowest BCUT2D eigenvalue weighted by molar-refractivity contribution is -0.139. The molecule has 0 bridgehead atoms. The van der Waals surface area contributed by atoms with Crippen LogP contribution >= 0.6 is 11.8 Å². The number of nitrogens with zero attached hydrogens (tertiary/aromatic N) is 1. The second-order valence-electron chi connectivity index (χ2n) is 4.95. The molecule has 2 atom stereocenters. The molecule has 1 heterocycles. The smallest absolute Gasteiger partial charge is 0.326 e. The van der Waals surface area contributed by atoms with E-state index in [4.69, 9.17) is 5.11 Å². The Hall–Kier alpha value is -0.950. The van der Waals surface area contributed by atoms with Crippen LogP contribution in [-0.2, 0) is 4.79 Å². The maximum absolute atomic E-state index is 11.8. The van der Waals surface area contributed by atoms with Gasteiger partial charge in [0, 0.05) is 12.6 Å². The largest absolute Gasteiger partial charge is 0.480 e. The predicted molar refractivity (Wildman–Crippen MR) is 81.2 cm³/mol. The highest BCUT2D eigenvalue weighted by Gasteiger charge is 2.24. The predicted octanol–water partition coefficient (Wildman–Crippen LogP) is 0.976. The Morgan fingerprint density at radius 2 is 2.25 bits per heavy atom. The van der Waals surface area contributed by atoms with E-state index < -0.39 is 12.0 Å². The molecule has 0 aromatic carbocycles. The molecular formula is C13H25N3O3S. The van der Waals surface area contributed by atoms with Crippen molar-refractivity contribution in [3.8, 4) is 0 Å². The van der Waals surface area contributed by atoms with Gasteiger partial charge in [-0.15, -0.1) is 0 Å². The summed E-state index contributed by atoms with van der Waals surface area (Å²) in [6.07, 6.45) is 4.60. The first kappa shape index (κ1) is 17.1. The summed E-state index contributed by atoms with van der Waals surface area (Å²) in [4.78, 5) is 25.1. The van der Waals surface area contributed by atoms with Crippen molar-refractivity contribution in [2.75, 3.05) is 31.6 Å². The van der Waals surface area contributed by atoms with Crippen LogP contribution < -0.4 is 10.6 Å². The third-order valence-electron chi connectivity index (χ3n) is 3.62. The zero-order chi connectivity index (χ0) is 15.0. The Labute approximate surface area is 124 Å². The second kappa shape index (κ2) is 9.07. The Balaban J connectivity index is 2.32. The van der Waals surface area contributed by atoms with Gasteiger partial charge in [-0.1, -0.05) is 6.92 Å². The minimum Gasteiger partial charge on any atom is -0.480 e. The summed E-state index contributed by atoms with van der Waals surface area (Å²) in [6.45, 7) is 4.76. The number of urea groups is 1. The number of rotatable bonds is 8. The molecule has 2 unspecified atom stereocenters. The molecule has 3 N–H and O–H groups in total. The molecule has 1 rings (SSSR count). The van der Waals surface area contributed by atoms with Gasteiger partial charge in [-0.05, 0) is 44.4 Å². The van der Waals surface area contributed by atoms with Crippen molar-refractivity contribution >= 4 is 23.8 Å². The number of carboxylic acid groups (broad SMARTS) is 1. The van der Waals surface area contributed by atoms with E-state index in [2.05, 4.69) is 22.5 Å². The number of carbonyl (C=O) groups is 2. The molecule has 6 nitrogen and oxygen atoms in total. The van der Waals surface area contributed by atoms with E-state index in [9.17, 15) is 9.59 Å². The summed E-state index contributed by atoms with van der Waals surface area (Å²) < 4.78 is 0. The van der Waals surface area contributed by atoms with Crippen molar-refractivity contribution in [3.63, 3.8) is 0 Å². The van der Waals surface area contributed by atoms with E-state index in [0.29, 0.717) is 24.8 Å². The molecule has 0 radical (unpaired) electrons. The second-order valence-corrected chi connectivity index (χ2v) is 5.94. The van der Waals surface area contributed by atoms with Crippen LogP contribution in [0.25, 0.3) is 0 Å². The van der Waals surface area contributed by atoms with Gasteiger partial charge in [0.15, 0.2) is 0 Å². The maximum Gasteiger partial charge on any atom is 0.326 e. The van der Waals surface area contributed by atoms with Crippen LogP contribution in [0, 0.1) is 0 Å². The number of nitrogens with one attached hydrogen (secondary N) is 2. The molecule has 0 aromatic rings. The lowest BCUT2D eigenvalue weighted by Gasteiger charge is -2.23. The van der Waals surface area contributed by atoms with Crippen LogP contribution in [0.15, 0.2) is 0 Å². The number of hydrogen-bond acceptors (Lipinski definition) is 4. The van der Waals surface area contributed by atoms with Crippen LogP contribution in [-0.4, -0.2) is 65.7 Å². The first-order valence-corrected chi connectivity index (χ1v) is 8.48. The van der Waals surface area contributed by atoms with Crippen molar-refractivity contribution in [1.82, 2.24) is 15.5 Å². The van der Waals surface area contributed by atoms with Gasteiger partial charge >= 0.3 is 12.0 Å². The number of thioether (sulfide) groups is 1. The van der Waals surface area contributed by atoms with Crippen molar-refractivity contribution in [2.45, 2.75) is 38.3 Å². The molecule has 1 aliphatic heterocycles. The van der Waals surface area contributed by atoms with Gasteiger partial charge in [0.1, 0.15) is 6.04 Å². The fourth-order valence-corrected chi connectivity index (χ4v) is 2.93. The highest BCUT2D eigenvalue weighted by molar-refractivity contribution is 7.98. The number of amides is 2. The summed E-state index contributed by atoms with van der Waals surface area (Å²) in [7, 11) is 0. The molecule has 7 heteroatoms. The van der Waals surface area contributed by atoms with Crippen molar-refractivity contribution < 1.29 is 14.7 Å². The normalized spacial score (nSPS) is 20.6. The zero-order valence-electron chi connectivity index (χ0n) is 12.2. The first-order chi connectivity index (χ1) is 9.58. The van der Waals surface area contributed by atoms with E-state index in [0.717, 1.165) is 25.9 Å². The third kappa shape index (κ3) is 5.58. The average molecular weight is 303 g/mol. The molecule has 0 aliphatic carbocycles. The van der Waals surface area contributed by atoms with Crippen LogP contribution in [0.5, 0.6) is 0 Å². The summed E-state index contributed by atoms with van der Waals surface area (Å²) in [6, 6.07) is -0.824. The van der Waals surface area contributed by atoms with E-state index in [1.54, 1.807) is 11.8 Å². The van der Waals surface area contributed by atoms with Gasteiger partial charge < -0.3 is 15.7 Å². The molecule has 1 fully saturated rings. The van der Waals surface area contributed by atoms with Crippen molar-refractivity contribution in [3.05, 3.63) is 0 Å². The van der Waals surface area contributed by atoms with Gasteiger partial charge in [-0.3, -0.25) is 4.90 Å². The Kier molecular flexibility index (Phi) is 7.76. The molecule has 20 heavy (non-hydrogen) atoms. The summed E-state index contributed by atoms with van der Waals surface area (Å²) in [5.41, 5.74) is 0. The van der Waals surface area contributed by atoms with Gasteiger partial charge in [-0.2, -0.15) is 11.8 Å². The molecule has 1 aliphatic rings. The molecule has 1 saturated heterocycles. The third-order valence-corrected chi connectivity index (χ3v) is 4.26. The van der Waals surface area contributed by atoms with Crippen LogP contribution in [0.1, 0.15) is 26.2 Å². The van der Waals surface area contributed by atoms with Crippen LogP contribution in [0.3, 0.4) is 0 Å². The fraction of sp³-hybridized carbons (Fsp3) is 0.846. The Bertz CT molecular complexity index is 328. The molecule has 2 amide bonds. The molecular weight excluding hydrogens is 278 g/mol. The Morgan fingerprint density at radius 1 is 1.50 bits per heavy atom. The van der Waals surface area contributed by atoms with Gasteiger partial charge in [-0.25, -0.2) is 9.59 Å². The minimum atomic E-state index is -0.981. The van der Waals surface area contributed by atoms with E-state index >= 15 is 0 Å². The lowest BCUT2D eigenvalue weighted by Crippen LogP contribution is -2.49. The first-order valence-electron chi connectivity index (χ1n) is 7.08. The van der Waals surface area contributed by atoms with Crippen LogP contribution in [0.2, 0.25) is 0 Å². The van der Waals surface area contributed by atoms with Crippen molar-refractivity contribution in [1.29, 1.82) is 0 Å². The number of carboxylic acids is 1. The summed E-state index contributed by atoms with van der Waals surface area (Å²) in [5.74, 6) is -0.269. The SMILES string of the molecule is CCN1CCCC1CNC(=O)NC(CCSC)C(=O)O. The van der Waals surface area contributed by atoms with E-state index in [-0.39, 0.29) is 6.03 Å². The zero-order valence-corrected chi connectivity index (χ0v) is 13.0. The minimum absolute atomic E-state index is 0.375. The number of likely N-dealkylation sites (tertiary alicyclic amines) is 1. The number of carbonyl (C=O) groups excluding carboxylic acids is 1. The van der Waals surface area contributed by atoms with Gasteiger partial charge in [0.2, 0.25) is 0 Å². The molecule has 0 spiro atoms. The average Bonchev–Trinajstić information content (AvgIpc) is 2.88. The van der Waals surface area contributed by atoms with Crippen molar-refractivity contribution in [2.24, 2.45) is 0 Å². The standard InChI is InChI=1S/C13H25N3O3S/c1-3-16-7-4-5-10(16)9-14-13(19)15-11(12(17)18)6-8-20-2/h10-11H,3-9H2,1-2H3,(H,17,18)(H2,14,15,19). The number of likely N-dealkylation sites (N-methyl/N-ethyl adjacent to an activating group) is 1. The maximum atomic E-state index is 11.8. The molecule has 116 valence electrons.